The normalized spacial score (nSPS) is 20.3. The first-order valence-electron chi connectivity index (χ1n) is 6.09. The number of halogens is 3. The minimum absolute atomic E-state index is 0.0628. The number of nitrogens with zero attached hydrogens (tertiary/aromatic N) is 1. The molecule has 1 aliphatic heterocycles. The molecule has 1 heterocycles. The number of alkyl halides is 3. The van der Waals surface area contributed by atoms with Crippen LogP contribution in [0.3, 0.4) is 0 Å². The summed E-state index contributed by atoms with van der Waals surface area (Å²) < 4.78 is 45.2. The fourth-order valence-corrected chi connectivity index (χ4v) is 1.68. The molecule has 5 nitrogen and oxygen atoms in total. The lowest BCUT2D eigenvalue weighted by Crippen LogP contribution is -2.45. The van der Waals surface area contributed by atoms with Crippen molar-refractivity contribution in [3.63, 3.8) is 0 Å². The van der Waals surface area contributed by atoms with Crippen LogP contribution in [-0.2, 0) is 14.3 Å². The number of carbonyl (C=O) groups excluding carboxylic acids is 1. The molecule has 1 unspecified atom stereocenters. The highest BCUT2D eigenvalue weighted by Crippen LogP contribution is 2.14. The number of morpholine rings is 1. The van der Waals surface area contributed by atoms with Crippen LogP contribution >= 0.6 is 0 Å². The molecule has 1 fully saturated rings. The summed E-state index contributed by atoms with van der Waals surface area (Å²) >= 11 is 0. The molecule has 0 aromatic heterocycles. The van der Waals surface area contributed by atoms with Gasteiger partial charge >= 0.3 is 6.18 Å². The summed E-state index contributed by atoms with van der Waals surface area (Å²) in [6.45, 7) is 0.931. The number of rotatable bonds is 6. The van der Waals surface area contributed by atoms with Gasteiger partial charge in [-0.05, 0) is 0 Å². The summed E-state index contributed by atoms with van der Waals surface area (Å²) in [7, 11) is 1.60. The molecule has 0 spiro atoms. The molecule has 19 heavy (non-hydrogen) atoms. The van der Waals surface area contributed by atoms with Gasteiger partial charge in [-0.1, -0.05) is 0 Å². The molecule has 1 N–H and O–H groups in total. The zero-order valence-corrected chi connectivity index (χ0v) is 10.8. The van der Waals surface area contributed by atoms with Crippen LogP contribution in [0.1, 0.15) is 6.42 Å². The summed E-state index contributed by atoms with van der Waals surface area (Å²) in [5.41, 5.74) is 0. The van der Waals surface area contributed by atoms with Crippen molar-refractivity contribution in [2.24, 2.45) is 0 Å². The van der Waals surface area contributed by atoms with Crippen LogP contribution in [0.15, 0.2) is 0 Å². The molecule has 112 valence electrons. The first-order valence-corrected chi connectivity index (χ1v) is 6.09. The molecule has 0 aromatic carbocycles. The lowest BCUT2D eigenvalue weighted by molar-refractivity contribution is -0.175. The zero-order chi connectivity index (χ0) is 14.3. The van der Waals surface area contributed by atoms with Gasteiger partial charge in [-0.15, -0.1) is 0 Å². The Morgan fingerprint density at radius 3 is 2.84 bits per heavy atom. The van der Waals surface area contributed by atoms with Gasteiger partial charge in [-0.3, -0.25) is 4.79 Å². The maximum atomic E-state index is 11.8. The summed E-state index contributed by atoms with van der Waals surface area (Å²) in [5, 5.41) is 3.14. The highest BCUT2D eigenvalue weighted by molar-refractivity contribution is 5.75. The summed E-state index contributed by atoms with van der Waals surface area (Å²) in [4.78, 5) is 13.1. The van der Waals surface area contributed by atoms with Crippen LogP contribution in [-0.4, -0.2) is 69.6 Å². The smallest absolute Gasteiger partial charge is 0.374 e. The Morgan fingerprint density at radius 1 is 1.53 bits per heavy atom. The Morgan fingerprint density at radius 2 is 2.26 bits per heavy atom. The quantitative estimate of drug-likeness (QED) is 0.718. The van der Waals surface area contributed by atoms with E-state index in [1.54, 1.807) is 7.05 Å². The van der Waals surface area contributed by atoms with E-state index in [1.807, 2.05) is 0 Å². The van der Waals surface area contributed by atoms with Gasteiger partial charge in [0.2, 0.25) is 5.91 Å². The van der Waals surface area contributed by atoms with Crippen LogP contribution in [0.25, 0.3) is 0 Å². The van der Waals surface area contributed by atoms with Gasteiger partial charge in [0.05, 0.1) is 25.7 Å². The van der Waals surface area contributed by atoms with Crippen molar-refractivity contribution in [3.05, 3.63) is 0 Å². The van der Waals surface area contributed by atoms with E-state index in [0.29, 0.717) is 19.7 Å². The van der Waals surface area contributed by atoms with Gasteiger partial charge in [0.25, 0.3) is 0 Å². The first kappa shape index (κ1) is 16.2. The molecule has 8 heteroatoms. The molecule has 0 radical (unpaired) electrons. The second-order valence-electron chi connectivity index (χ2n) is 4.39. The van der Waals surface area contributed by atoms with Crippen LogP contribution in [0.5, 0.6) is 0 Å². The molecule has 1 saturated heterocycles. The number of hydrogen-bond donors (Lipinski definition) is 1. The molecule has 1 aliphatic rings. The van der Waals surface area contributed by atoms with Crippen molar-refractivity contribution in [3.8, 4) is 0 Å². The standard InChI is InChI=1S/C11H19F3N2O3/c1-16(7-9-6-15-3-5-19-9)10(17)2-4-18-8-11(12,13)14/h9,15H,2-8H2,1H3. The summed E-state index contributed by atoms with van der Waals surface area (Å²) in [5.74, 6) is -0.253. The second kappa shape index (κ2) is 7.66. The van der Waals surface area contributed by atoms with Crippen LogP contribution in [0, 0.1) is 0 Å². The number of amides is 1. The minimum atomic E-state index is -4.35. The van der Waals surface area contributed by atoms with Gasteiger partial charge in [0.1, 0.15) is 6.61 Å². The Labute approximate surface area is 110 Å². The lowest BCUT2D eigenvalue weighted by atomic mass is 10.2. The van der Waals surface area contributed by atoms with Crippen molar-refractivity contribution in [2.45, 2.75) is 18.7 Å². The lowest BCUT2D eigenvalue weighted by Gasteiger charge is -2.28. The van der Waals surface area contributed by atoms with Gasteiger partial charge in [-0.2, -0.15) is 13.2 Å². The SMILES string of the molecule is CN(CC1CNCCO1)C(=O)CCOCC(F)(F)F. The van der Waals surface area contributed by atoms with Crippen molar-refractivity contribution in [1.29, 1.82) is 0 Å². The Kier molecular flexibility index (Phi) is 6.53. The van der Waals surface area contributed by atoms with E-state index < -0.39 is 12.8 Å². The first-order chi connectivity index (χ1) is 8.88. The largest absolute Gasteiger partial charge is 0.411 e. The Balaban J connectivity index is 2.14. The minimum Gasteiger partial charge on any atom is -0.374 e. The molecule has 1 atom stereocenters. The van der Waals surface area contributed by atoms with E-state index in [1.165, 1.54) is 4.90 Å². The highest BCUT2D eigenvalue weighted by Gasteiger charge is 2.27. The van der Waals surface area contributed by atoms with E-state index in [2.05, 4.69) is 10.1 Å². The van der Waals surface area contributed by atoms with Gasteiger partial charge < -0.3 is 19.7 Å². The fraction of sp³-hybridized carbons (Fsp3) is 0.909. The van der Waals surface area contributed by atoms with E-state index in [9.17, 15) is 18.0 Å². The number of likely N-dealkylation sites (N-methyl/N-ethyl adjacent to an activating group) is 1. The third-order valence-electron chi connectivity index (χ3n) is 2.63. The zero-order valence-electron chi connectivity index (χ0n) is 10.8. The number of hydrogen-bond acceptors (Lipinski definition) is 4. The predicted octanol–water partition coefficient (Wildman–Crippen LogP) is 0.402. The Hall–Kier alpha value is -0.860. The second-order valence-corrected chi connectivity index (χ2v) is 4.39. The topological polar surface area (TPSA) is 50.8 Å². The molecular formula is C11H19F3N2O3. The van der Waals surface area contributed by atoms with Crippen LogP contribution in [0.2, 0.25) is 0 Å². The van der Waals surface area contributed by atoms with E-state index in [4.69, 9.17) is 4.74 Å². The van der Waals surface area contributed by atoms with Crippen LogP contribution in [0.4, 0.5) is 13.2 Å². The van der Waals surface area contributed by atoms with Gasteiger partial charge in [-0.25, -0.2) is 0 Å². The van der Waals surface area contributed by atoms with E-state index in [-0.39, 0.29) is 25.0 Å². The van der Waals surface area contributed by atoms with Crippen molar-refractivity contribution in [2.75, 3.05) is 46.5 Å². The van der Waals surface area contributed by atoms with Crippen molar-refractivity contribution >= 4 is 5.91 Å². The van der Waals surface area contributed by atoms with E-state index >= 15 is 0 Å². The highest BCUT2D eigenvalue weighted by atomic mass is 19.4. The van der Waals surface area contributed by atoms with Crippen LogP contribution < -0.4 is 5.32 Å². The van der Waals surface area contributed by atoms with E-state index in [0.717, 1.165) is 6.54 Å². The summed E-state index contributed by atoms with van der Waals surface area (Å²) in [6, 6.07) is 0. The molecule has 1 amide bonds. The molecule has 0 aliphatic carbocycles. The maximum absolute atomic E-state index is 11.8. The average molecular weight is 284 g/mol. The molecular weight excluding hydrogens is 265 g/mol. The van der Waals surface area contributed by atoms with Gasteiger partial charge in [0, 0.05) is 26.7 Å². The van der Waals surface area contributed by atoms with Crippen molar-refractivity contribution < 1.29 is 27.4 Å². The number of ether oxygens (including phenoxy) is 2. The third kappa shape index (κ3) is 7.34. The average Bonchev–Trinajstić information content (AvgIpc) is 2.34. The Bertz CT molecular complexity index is 281. The predicted molar refractivity (Wildman–Crippen MR) is 61.7 cm³/mol. The molecule has 0 saturated carbocycles. The maximum Gasteiger partial charge on any atom is 0.411 e. The van der Waals surface area contributed by atoms with Gasteiger partial charge in [0.15, 0.2) is 0 Å². The molecule has 0 aromatic rings. The molecule has 1 rings (SSSR count). The summed E-state index contributed by atoms with van der Waals surface area (Å²) in [6.07, 6.45) is -4.48. The van der Waals surface area contributed by atoms with Crippen molar-refractivity contribution in [1.82, 2.24) is 10.2 Å². The number of carbonyl (C=O) groups is 1. The third-order valence-corrected chi connectivity index (χ3v) is 2.63. The monoisotopic (exact) mass is 284 g/mol. The number of nitrogens with one attached hydrogen (secondary N) is 1. The molecule has 0 bridgehead atoms. The fourth-order valence-electron chi connectivity index (χ4n) is 1.68.